The van der Waals surface area contributed by atoms with E-state index in [9.17, 15) is 4.79 Å². The van der Waals surface area contributed by atoms with E-state index in [2.05, 4.69) is 10.5 Å². The van der Waals surface area contributed by atoms with Gasteiger partial charge >= 0.3 is 0 Å². The average molecular weight is 223 g/mol. The van der Waals surface area contributed by atoms with Crippen molar-refractivity contribution < 1.29 is 9.32 Å². The van der Waals surface area contributed by atoms with Crippen LogP contribution in [0, 0.1) is 0 Å². The second kappa shape index (κ2) is 4.65. The van der Waals surface area contributed by atoms with Crippen molar-refractivity contribution in [3.8, 4) is 0 Å². The van der Waals surface area contributed by atoms with Crippen LogP contribution in [0.1, 0.15) is 41.4 Å². The molecule has 0 unspecified atom stereocenters. The standard InChI is InChI=1S/C11H17N3O2/c1-14(2)11(15)8-7-16-13-10(8)9-5-3-4-6-12-9/h7,9,12H,3-6H2,1-2H3/t9-/m1/s1. The van der Waals surface area contributed by atoms with E-state index in [-0.39, 0.29) is 11.9 Å². The van der Waals surface area contributed by atoms with E-state index >= 15 is 0 Å². The van der Waals surface area contributed by atoms with Crippen molar-refractivity contribution in [3.63, 3.8) is 0 Å². The summed E-state index contributed by atoms with van der Waals surface area (Å²) >= 11 is 0. The molecule has 1 N–H and O–H groups in total. The highest BCUT2D eigenvalue weighted by atomic mass is 16.5. The Morgan fingerprint density at radius 2 is 2.38 bits per heavy atom. The van der Waals surface area contributed by atoms with Crippen LogP contribution in [-0.4, -0.2) is 36.6 Å². The van der Waals surface area contributed by atoms with E-state index in [0.717, 1.165) is 18.7 Å². The lowest BCUT2D eigenvalue weighted by atomic mass is 9.99. The lowest BCUT2D eigenvalue weighted by molar-refractivity contribution is 0.0825. The van der Waals surface area contributed by atoms with Gasteiger partial charge in [0.2, 0.25) is 0 Å². The smallest absolute Gasteiger partial charge is 0.258 e. The zero-order chi connectivity index (χ0) is 11.5. The Hall–Kier alpha value is -1.36. The number of carbonyl (C=O) groups excluding carboxylic acids is 1. The molecule has 88 valence electrons. The summed E-state index contributed by atoms with van der Waals surface area (Å²) in [7, 11) is 3.46. The molecule has 1 aliphatic rings. The molecule has 1 fully saturated rings. The summed E-state index contributed by atoms with van der Waals surface area (Å²) < 4.78 is 4.93. The van der Waals surface area contributed by atoms with Crippen LogP contribution in [0.15, 0.2) is 10.8 Å². The molecule has 0 aliphatic carbocycles. The summed E-state index contributed by atoms with van der Waals surface area (Å²) in [5, 5.41) is 7.32. The molecule has 0 spiro atoms. The Morgan fingerprint density at radius 3 is 3.00 bits per heavy atom. The molecule has 0 radical (unpaired) electrons. The fourth-order valence-electron chi connectivity index (χ4n) is 1.98. The van der Waals surface area contributed by atoms with Crippen LogP contribution >= 0.6 is 0 Å². The number of amides is 1. The summed E-state index contributed by atoms with van der Waals surface area (Å²) in [5.74, 6) is -0.0522. The number of piperidine rings is 1. The van der Waals surface area contributed by atoms with Crippen LogP contribution in [0.25, 0.3) is 0 Å². The summed E-state index contributed by atoms with van der Waals surface area (Å²) in [6.07, 6.45) is 4.81. The number of aromatic nitrogens is 1. The highest BCUT2D eigenvalue weighted by Crippen LogP contribution is 2.25. The molecular formula is C11H17N3O2. The summed E-state index contributed by atoms with van der Waals surface area (Å²) in [6, 6.07) is 0.159. The Bertz CT molecular complexity index is 367. The van der Waals surface area contributed by atoms with Crippen molar-refractivity contribution in [2.45, 2.75) is 25.3 Å². The molecule has 1 saturated heterocycles. The molecule has 0 saturated carbocycles. The number of nitrogens with zero attached hydrogens (tertiary/aromatic N) is 2. The van der Waals surface area contributed by atoms with Gasteiger partial charge in [0.1, 0.15) is 17.5 Å². The Balaban J connectivity index is 2.21. The summed E-state index contributed by atoms with van der Waals surface area (Å²) in [6.45, 7) is 0.979. The second-order valence-corrected chi connectivity index (χ2v) is 4.32. The highest BCUT2D eigenvalue weighted by molar-refractivity contribution is 5.94. The topological polar surface area (TPSA) is 58.4 Å². The second-order valence-electron chi connectivity index (χ2n) is 4.32. The van der Waals surface area contributed by atoms with E-state index in [4.69, 9.17) is 4.52 Å². The van der Waals surface area contributed by atoms with Gasteiger partial charge < -0.3 is 14.7 Å². The van der Waals surface area contributed by atoms with Crippen molar-refractivity contribution in [2.24, 2.45) is 0 Å². The van der Waals surface area contributed by atoms with Gasteiger partial charge in [-0.15, -0.1) is 0 Å². The molecule has 1 aromatic rings. The van der Waals surface area contributed by atoms with Gasteiger partial charge in [-0.05, 0) is 19.4 Å². The third-order valence-corrected chi connectivity index (χ3v) is 2.87. The molecule has 5 nitrogen and oxygen atoms in total. The maximum Gasteiger partial charge on any atom is 0.258 e. The fourth-order valence-corrected chi connectivity index (χ4v) is 1.98. The van der Waals surface area contributed by atoms with Crippen LogP contribution in [0.3, 0.4) is 0 Å². The molecule has 0 aromatic carbocycles. The van der Waals surface area contributed by atoms with Crippen LogP contribution < -0.4 is 5.32 Å². The van der Waals surface area contributed by atoms with Gasteiger partial charge in [0.15, 0.2) is 0 Å². The zero-order valence-corrected chi connectivity index (χ0v) is 9.69. The molecule has 2 heterocycles. The molecule has 1 aliphatic heterocycles. The lowest BCUT2D eigenvalue weighted by Crippen LogP contribution is -2.30. The highest BCUT2D eigenvalue weighted by Gasteiger charge is 2.25. The molecule has 1 amide bonds. The van der Waals surface area contributed by atoms with Crippen LogP contribution in [0.2, 0.25) is 0 Å². The number of nitrogens with one attached hydrogen (secondary N) is 1. The maximum atomic E-state index is 11.9. The van der Waals surface area contributed by atoms with Crippen LogP contribution in [0.4, 0.5) is 0 Å². The fraction of sp³-hybridized carbons (Fsp3) is 0.636. The quantitative estimate of drug-likeness (QED) is 0.818. The normalized spacial score (nSPS) is 20.8. The van der Waals surface area contributed by atoms with Crippen molar-refractivity contribution in [1.82, 2.24) is 15.4 Å². The van der Waals surface area contributed by atoms with Crippen molar-refractivity contribution in [2.75, 3.05) is 20.6 Å². The van der Waals surface area contributed by atoms with E-state index in [0.29, 0.717) is 5.56 Å². The van der Waals surface area contributed by atoms with Crippen LogP contribution in [-0.2, 0) is 0 Å². The number of hydrogen-bond acceptors (Lipinski definition) is 4. The molecule has 1 atom stereocenters. The Morgan fingerprint density at radius 1 is 1.56 bits per heavy atom. The minimum absolute atomic E-state index is 0.0522. The predicted octanol–water partition coefficient (Wildman–Crippen LogP) is 1.19. The molecule has 5 heteroatoms. The minimum Gasteiger partial charge on any atom is -0.364 e. The third kappa shape index (κ3) is 2.09. The third-order valence-electron chi connectivity index (χ3n) is 2.87. The van der Waals surface area contributed by atoms with Crippen molar-refractivity contribution in [1.29, 1.82) is 0 Å². The van der Waals surface area contributed by atoms with E-state index in [1.165, 1.54) is 19.1 Å². The van der Waals surface area contributed by atoms with Crippen molar-refractivity contribution in [3.05, 3.63) is 17.5 Å². The zero-order valence-electron chi connectivity index (χ0n) is 9.69. The first kappa shape index (κ1) is 11.1. The predicted molar refractivity (Wildman–Crippen MR) is 59.1 cm³/mol. The number of hydrogen-bond donors (Lipinski definition) is 1. The van der Waals surface area contributed by atoms with E-state index in [1.807, 2.05) is 0 Å². The van der Waals surface area contributed by atoms with Crippen molar-refractivity contribution >= 4 is 5.91 Å². The van der Waals surface area contributed by atoms with E-state index < -0.39 is 0 Å². The van der Waals surface area contributed by atoms with Gasteiger partial charge in [-0.25, -0.2) is 0 Å². The van der Waals surface area contributed by atoms with Crippen LogP contribution in [0.5, 0.6) is 0 Å². The minimum atomic E-state index is -0.0522. The van der Waals surface area contributed by atoms with Gasteiger partial charge in [0.25, 0.3) is 5.91 Å². The first-order valence-electron chi connectivity index (χ1n) is 5.59. The molecule has 2 rings (SSSR count). The molecular weight excluding hydrogens is 206 g/mol. The average Bonchev–Trinajstić information content (AvgIpc) is 2.77. The number of rotatable bonds is 2. The lowest BCUT2D eigenvalue weighted by Gasteiger charge is -2.22. The molecule has 1 aromatic heterocycles. The van der Waals surface area contributed by atoms with Gasteiger partial charge in [0, 0.05) is 14.1 Å². The first-order chi connectivity index (χ1) is 7.70. The maximum absolute atomic E-state index is 11.9. The summed E-state index contributed by atoms with van der Waals surface area (Å²) in [4.78, 5) is 13.4. The van der Waals surface area contributed by atoms with Gasteiger partial charge in [-0.2, -0.15) is 0 Å². The van der Waals surface area contributed by atoms with E-state index in [1.54, 1.807) is 19.0 Å². The van der Waals surface area contributed by atoms with Gasteiger partial charge in [0.05, 0.1) is 6.04 Å². The first-order valence-corrected chi connectivity index (χ1v) is 5.59. The van der Waals surface area contributed by atoms with Gasteiger partial charge in [-0.1, -0.05) is 11.6 Å². The SMILES string of the molecule is CN(C)C(=O)c1conc1[C@H]1CCCCN1. The largest absolute Gasteiger partial charge is 0.364 e. The Labute approximate surface area is 94.8 Å². The summed E-state index contributed by atoms with van der Waals surface area (Å²) in [5.41, 5.74) is 1.32. The Kier molecular flexibility index (Phi) is 3.24. The van der Waals surface area contributed by atoms with Gasteiger partial charge in [-0.3, -0.25) is 4.79 Å². The molecule has 0 bridgehead atoms. The number of carbonyl (C=O) groups is 1. The molecule has 16 heavy (non-hydrogen) atoms. The monoisotopic (exact) mass is 223 g/mol.